The van der Waals surface area contributed by atoms with E-state index in [1.54, 1.807) is 6.26 Å². The van der Waals surface area contributed by atoms with Gasteiger partial charge in [0.1, 0.15) is 24.2 Å². The zero-order chi connectivity index (χ0) is 25.3. The second kappa shape index (κ2) is 10.5. The molecule has 1 saturated heterocycles. The summed E-state index contributed by atoms with van der Waals surface area (Å²) in [5.74, 6) is -3.57. The van der Waals surface area contributed by atoms with Gasteiger partial charge in [0, 0.05) is 20.8 Å². The molecule has 2 heterocycles. The van der Waals surface area contributed by atoms with Gasteiger partial charge < -0.3 is 18.9 Å². The highest BCUT2D eigenvalue weighted by Crippen LogP contribution is 2.40. The first-order valence-electron chi connectivity index (χ1n) is 9.99. The number of halogens is 2. The number of thioether (sulfide) groups is 1. The van der Waals surface area contributed by atoms with Gasteiger partial charge in [-0.3, -0.25) is 28.9 Å². The van der Waals surface area contributed by atoms with E-state index in [0.717, 1.165) is 30.5 Å². The van der Waals surface area contributed by atoms with Gasteiger partial charge in [0.05, 0.1) is 21.2 Å². The van der Waals surface area contributed by atoms with Crippen molar-refractivity contribution in [1.82, 2.24) is 4.90 Å². The van der Waals surface area contributed by atoms with Crippen molar-refractivity contribution in [3.05, 3.63) is 33.3 Å². The Morgan fingerprint density at radius 2 is 1.62 bits per heavy atom. The molecular formula is C21H21Cl2NO9S. The Hall–Kier alpha value is -2.34. The molecule has 1 fully saturated rings. The molecular weight excluding hydrogens is 513 g/mol. The molecule has 10 nitrogen and oxygen atoms in total. The number of carbonyl (C=O) groups is 5. The highest BCUT2D eigenvalue weighted by Gasteiger charge is 2.57. The van der Waals surface area contributed by atoms with Crippen LogP contribution in [0.15, 0.2) is 12.1 Å². The molecule has 0 unspecified atom stereocenters. The SMILES string of the molecule is CS[C@@H]1O[C@H](COC(C)=O)[C@@H](OC(C)=O)[C@H](OC(C)=O)[C@H]1N1C(=O)c2ccc(Cl)c(Cl)c2C1=O. The highest BCUT2D eigenvalue weighted by atomic mass is 35.5. The van der Waals surface area contributed by atoms with E-state index in [0.29, 0.717) is 0 Å². The van der Waals surface area contributed by atoms with Crippen LogP contribution in [-0.4, -0.2) is 77.3 Å². The van der Waals surface area contributed by atoms with E-state index in [-0.39, 0.29) is 27.8 Å². The number of amides is 2. The first-order chi connectivity index (χ1) is 16.0. The van der Waals surface area contributed by atoms with Crippen LogP contribution in [0.3, 0.4) is 0 Å². The number of ether oxygens (including phenoxy) is 4. The second-order valence-corrected chi connectivity index (χ2v) is 9.21. The number of esters is 3. The van der Waals surface area contributed by atoms with Gasteiger partial charge in [-0.05, 0) is 18.4 Å². The van der Waals surface area contributed by atoms with Crippen LogP contribution in [0.1, 0.15) is 41.5 Å². The summed E-state index contributed by atoms with van der Waals surface area (Å²) in [5.41, 5.74) is -1.01. The summed E-state index contributed by atoms with van der Waals surface area (Å²) in [7, 11) is 0. The van der Waals surface area contributed by atoms with Crippen molar-refractivity contribution in [3.8, 4) is 0 Å². The number of fused-ring (bicyclic) bond motifs is 1. The minimum absolute atomic E-state index is 0.0203. The Bertz CT molecular complexity index is 1050. The summed E-state index contributed by atoms with van der Waals surface area (Å²) >= 11 is 13.4. The molecule has 13 heteroatoms. The van der Waals surface area contributed by atoms with Crippen molar-refractivity contribution >= 4 is 64.7 Å². The van der Waals surface area contributed by atoms with Crippen LogP contribution in [0.4, 0.5) is 0 Å². The molecule has 0 saturated carbocycles. The lowest BCUT2D eigenvalue weighted by Gasteiger charge is -2.47. The highest BCUT2D eigenvalue weighted by molar-refractivity contribution is 7.99. The summed E-state index contributed by atoms with van der Waals surface area (Å²) in [6.07, 6.45) is -2.01. The summed E-state index contributed by atoms with van der Waals surface area (Å²) in [5, 5.41) is -0.00810. The average molecular weight is 534 g/mol. The van der Waals surface area contributed by atoms with Crippen molar-refractivity contribution < 1.29 is 42.9 Å². The minimum Gasteiger partial charge on any atom is -0.463 e. The maximum absolute atomic E-state index is 13.4. The monoisotopic (exact) mass is 533 g/mol. The molecule has 0 spiro atoms. The first kappa shape index (κ1) is 26.3. The maximum atomic E-state index is 13.4. The van der Waals surface area contributed by atoms with Crippen LogP contribution in [0, 0.1) is 0 Å². The quantitative estimate of drug-likeness (QED) is 0.305. The topological polar surface area (TPSA) is 126 Å². The Kier molecular flexibility index (Phi) is 8.12. The fraction of sp³-hybridized carbons (Fsp3) is 0.476. The Morgan fingerprint density at radius 1 is 1.00 bits per heavy atom. The number of hydrogen-bond donors (Lipinski definition) is 0. The summed E-state index contributed by atoms with van der Waals surface area (Å²) in [4.78, 5) is 62.8. The van der Waals surface area contributed by atoms with Crippen molar-refractivity contribution in [2.75, 3.05) is 12.9 Å². The van der Waals surface area contributed by atoms with Gasteiger partial charge in [-0.25, -0.2) is 0 Å². The van der Waals surface area contributed by atoms with E-state index >= 15 is 0 Å². The first-order valence-corrected chi connectivity index (χ1v) is 12.0. The molecule has 1 aromatic carbocycles. The summed E-state index contributed by atoms with van der Waals surface area (Å²) in [6, 6.07) is 1.55. The molecule has 2 aliphatic rings. The van der Waals surface area contributed by atoms with Crippen molar-refractivity contribution in [2.45, 2.75) is 50.6 Å². The molecule has 2 amide bonds. The third-order valence-corrected chi connectivity index (χ3v) is 6.84. The largest absolute Gasteiger partial charge is 0.463 e. The zero-order valence-corrected chi connectivity index (χ0v) is 20.9. The fourth-order valence-corrected chi connectivity index (χ4v) is 5.11. The normalized spacial score (nSPS) is 26.2. The van der Waals surface area contributed by atoms with Crippen LogP contribution in [0.5, 0.6) is 0 Å². The Balaban J connectivity index is 2.10. The predicted octanol–water partition coefficient (Wildman–Crippen LogP) is 2.47. The Morgan fingerprint density at radius 3 is 2.18 bits per heavy atom. The number of rotatable bonds is 6. The number of nitrogens with zero attached hydrogens (tertiary/aromatic N) is 1. The third-order valence-electron chi connectivity index (χ3n) is 5.18. The van der Waals surface area contributed by atoms with Gasteiger partial charge in [-0.1, -0.05) is 23.2 Å². The van der Waals surface area contributed by atoms with Crippen molar-refractivity contribution in [1.29, 1.82) is 0 Å². The number of imide groups is 1. The zero-order valence-electron chi connectivity index (χ0n) is 18.5. The van der Waals surface area contributed by atoms with E-state index in [4.69, 9.17) is 42.1 Å². The van der Waals surface area contributed by atoms with Gasteiger partial charge >= 0.3 is 17.9 Å². The smallest absolute Gasteiger partial charge is 0.303 e. The fourth-order valence-electron chi connectivity index (χ4n) is 3.90. The van der Waals surface area contributed by atoms with Gasteiger partial charge in [-0.15, -0.1) is 11.8 Å². The molecule has 34 heavy (non-hydrogen) atoms. The molecule has 0 bridgehead atoms. The molecule has 0 radical (unpaired) electrons. The second-order valence-electron chi connectivity index (χ2n) is 7.48. The van der Waals surface area contributed by atoms with Gasteiger partial charge in [0.2, 0.25) is 0 Å². The van der Waals surface area contributed by atoms with Crippen LogP contribution in [0.2, 0.25) is 10.0 Å². The van der Waals surface area contributed by atoms with E-state index in [9.17, 15) is 24.0 Å². The average Bonchev–Trinajstić information content (AvgIpc) is 3.00. The van der Waals surface area contributed by atoms with E-state index in [1.807, 2.05) is 0 Å². The number of hydrogen-bond acceptors (Lipinski definition) is 10. The Labute approximate surface area is 209 Å². The third kappa shape index (κ3) is 5.02. The number of carbonyl (C=O) groups excluding carboxylic acids is 5. The van der Waals surface area contributed by atoms with E-state index in [2.05, 4.69) is 0 Å². The van der Waals surface area contributed by atoms with E-state index < -0.39 is 59.5 Å². The van der Waals surface area contributed by atoms with Crippen LogP contribution in [-0.2, 0) is 33.3 Å². The van der Waals surface area contributed by atoms with E-state index in [1.165, 1.54) is 19.1 Å². The molecule has 2 aliphatic heterocycles. The maximum Gasteiger partial charge on any atom is 0.303 e. The molecule has 5 atom stereocenters. The molecule has 0 aromatic heterocycles. The van der Waals surface area contributed by atoms with Crippen molar-refractivity contribution in [3.63, 3.8) is 0 Å². The van der Waals surface area contributed by atoms with Crippen LogP contribution in [0.25, 0.3) is 0 Å². The van der Waals surface area contributed by atoms with Gasteiger partial charge in [0.25, 0.3) is 11.8 Å². The lowest BCUT2D eigenvalue weighted by atomic mass is 9.96. The van der Waals surface area contributed by atoms with Gasteiger partial charge in [-0.2, -0.15) is 0 Å². The molecule has 0 N–H and O–H groups in total. The van der Waals surface area contributed by atoms with Gasteiger partial charge in [0.15, 0.2) is 12.2 Å². The predicted molar refractivity (Wildman–Crippen MR) is 121 cm³/mol. The minimum atomic E-state index is -1.33. The lowest BCUT2D eigenvalue weighted by molar-refractivity contribution is -0.216. The van der Waals surface area contributed by atoms with Crippen molar-refractivity contribution in [2.24, 2.45) is 0 Å². The number of benzene rings is 1. The summed E-state index contributed by atoms with van der Waals surface area (Å²) < 4.78 is 21.9. The lowest BCUT2D eigenvalue weighted by Crippen LogP contribution is -2.66. The van der Waals surface area contributed by atoms with Crippen LogP contribution < -0.4 is 0 Å². The summed E-state index contributed by atoms with van der Waals surface area (Å²) in [6.45, 7) is 3.13. The molecule has 1 aromatic rings. The molecule has 0 aliphatic carbocycles. The molecule has 184 valence electrons. The van der Waals surface area contributed by atoms with Crippen LogP contribution >= 0.6 is 35.0 Å². The molecule has 3 rings (SSSR count). The standard InChI is InChI=1S/C21H21Cl2NO9S/c1-8(25)30-7-13-17(31-9(2)26)18(32-10(3)27)16(21(33-13)34-4)24-19(28)11-5-6-12(22)15(23)14(11)20(24)29/h5-6,13,16-18,21H,7H2,1-4H3/t13-,16-,17-,18-,21+/m1/s1.